The zero-order valence-corrected chi connectivity index (χ0v) is 13.0. The molecular formula is C14H20BrNO2. The van der Waals surface area contributed by atoms with E-state index in [-0.39, 0.29) is 10.7 Å². The molecular weight excluding hydrogens is 294 g/mol. The molecule has 0 N–H and O–H groups in total. The molecule has 1 atom stereocenters. The SMILES string of the molecule is Cc1cc(C)cc(OCCN(C)C(=O)C(C)Br)c1. The van der Waals surface area contributed by atoms with Crippen LogP contribution in [0.5, 0.6) is 5.75 Å². The highest BCUT2D eigenvalue weighted by Gasteiger charge is 2.13. The lowest BCUT2D eigenvalue weighted by Gasteiger charge is -2.19. The number of aryl methyl sites for hydroxylation is 2. The van der Waals surface area contributed by atoms with Gasteiger partial charge in [-0.05, 0) is 44.0 Å². The van der Waals surface area contributed by atoms with Crippen LogP contribution >= 0.6 is 15.9 Å². The van der Waals surface area contributed by atoms with Crippen LogP contribution in [-0.4, -0.2) is 35.8 Å². The summed E-state index contributed by atoms with van der Waals surface area (Å²) in [6.07, 6.45) is 0. The molecule has 0 bridgehead atoms. The summed E-state index contributed by atoms with van der Waals surface area (Å²) in [6, 6.07) is 6.11. The van der Waals surface area contributed by atoms with E-state index < -0.39 is 0 Å². The molecule has 1 aromatic rings. The molecule has 0 spiro atoms. The first-order valence-electron chi connectivity index (χ1n) is 6.00. The first kappa shape index (κ1) is 15.0. The summed E-state index contributed by atoms with van der Waals surface area (Å²) in [6.45, 7) is 7.00. The van der Waals surface area contributed by atoms with E-state index in [0.717, 1.165) is 5.75 Å². The average Bonchev–Trinajstić information content (AvgIpc) is 2.26. The molecule has 100 valence electrons. The fourth-order valence-corrected chi connectivity index (χ4v) is 2.08. The van der Waals surface area contributed by atoms with Crippen molar-refractivity contribution < 1.29 is 9.53 Å². The van der Waals surface area contributed by atoms with E-state index in [1.54, 1.807) is 11.9 Å². The second-order valence-corrected chi connectivity index (χ2v) is 5.92. The van der Waals surface area contributed by atoms with Crippen molar-refractivity contribution in [3.8, 4) is 5.75 Å². The molecule has 0 aliphatic carbocycles. The number of alkyl halides is 1. The number of hydrogen-bond acceptors (Lipinski definition) is 2. The van der Waals surface area contributed by atoms with Crippen molar-refractivity contribution in [2.75, 3.05) is 20.2 Å². The van der Waals surface area contributed by atoms with Crippen LogP contribution in [-0.2, 0) is 4.79 Å². The number of benzene rings is 1. The maximum atomic E-state index is 11.6. The fourth-order valence-electron chi connectivity index (χ4n) is 1.73. The highest BCUT2D eigenvalue weighted by atomic mass is 79.9. The van der Waals surface area contributed by atoms with E-state index in [4.69, 9.17) is 4.74 Å². The van der Waals surface area contributed by atoms with Crippen molar-refractivity contribution in [2.24, 2.45) is 0 Å². The summed E-state index contributed by atoms with van der Waals surface area (Å²) >= 11 is 3.26. The summed E-state index contributed by atoms with van der Waals surface area (Å²) in [4.78, 5) is 13.1. The Kier molecular flexibility index (Phi) is 5.66. The number of ether oxygens (including phenoxy) is 1. The van der Waals surface area contributed by atoms with Gasteiger partial charge in [0.25, 0.3) is 0 Å². The van der Waals surface area contributed by atoms with Crippen LogP contribution in [0.25, 0.3) is 0 Å². The van der Waals surface area contributed by atoms with E-state index in [2.05, 4.69) is 22.0 Å². The zero-order chi connectivity index (χ0) is 13.7. The number of carbonyl (C=O) groups is 1. The van der Waals surface area contributed by atoms with E-state index in [1.807, 2.05) is 32.9 Å². The number of halogens is 1. The Labute approximate surface area is 117 Å². The predicted molar refractivity (Wildman–Crippen MR) is 77.4 cm³/mol. The topological polar surface area (TPSA) is 29.5 Å². The van der Waals surface area contributed by atoms with Gasteiger partial charge in [-0.2, -0.15) is 0 Å². The fraction of sp³-hybridized carbons (Fsp3) is 0.500. The summed E-state index contributed by atoms with van der Waals surface area (Å²) in [5.41, 5.74) is 2.37. The van der Waals surface area contributed by atoms with Gasteiger partial charge in [-0.25, -0.2) is 0 Å². The molecule has 4 heteroatoms. The maximum absolute atomic E-state index is 11.6. The Hall–Kier alpha value is -1.03. The third-order valence-corrected chi connectivity index (χ3v) is 3.00. The molecule has 0 saturated carbocycles. The first-order valence-corrected chi connectivity index (χ1v) is 6.92. The Morgan fingerprint density at radius 3 is 2.39 bits per heavy atom. The summed E-state index contributed by atoms with van der Waals surface area (Å²) in [5, 5.41) is 0. The Balaban J connectivity index is 2.44. The normalized spacial score (nSPS) is 12.1. The molecule has 1 aromatic carbocycles. The van der Waals surface area contributed by atoms with E-state index in [0.29, 0.717) is 13.2 Å². The van der Waals surface area contributed by atoms with Gasteiger partial charge < -0.3 is 9.64 Å². The van der Waals surface area contributed by atoms with Crippen molar-refractivity contribution in [1.29, 1.82) is 0 Å². The van der Waals surface area contributed by atoms with Crippen molar-refractivity contribution in [2.45, 2.75) is 25.6 Å². The minimum absolute atomic E-state index is 0.0685. The third kappa shape index (κ3) is 4.69. The monoisotopic (exact) mass is 313 g/mol. The van der Waals surface area contributed by atoms with Crippen molar-refractivity contribution in [1.82, 2.24) is 4.90 Å². The largest absolute Gasteiger partial charge is 0.492 e. The van der Waals surface area contributed by atoms with Crippen molar-refractivity contribution >= 4 is 21.8 Å². The molecule has 18 heavy (non-hydrogen) atoms. The van der Waals surface area contributed by atoms with Crippen LogP contribution in [0.4, 0.5) is 0 Å². The number of rotatable bonds is 5. The number of carbonyl (C=O) groups excluding carboxylic acids is 1. The van der Waals surface area contributed by atoms with Crippen LogP contribution in [0.3, 0.4) is 0 Å². The molecule has 0 aromatic heterocycles. The lowest BCUT2D eigenvalue weighted by atomic mass is 10.1. The van der Waals surface area contributed by atoms with Gasteiger partial charge in [-0.15, -0.1) is 0 Å². The van der Waals surface area contributed by atoms with Gasteiger partial charge in [-0.3, -0.25) is 4.79 Å². The summed E-state index contributed by atoms with van der Waals surface area (Å²) in [5.74, 6) is 0.930. The average molecular weight is 314 g/mol. The highest BCUT2D eigenvalue weighted by Crippen LogP contribution is 2.16. The Morgan fingerprint density at radius 1 is 1.33 bits per heavy atom. The predicted octanol–water partition coefficient (Wildman–Crippen LogP) is 2.92. The van der Waals surface area contributed by atoms with Gasteiger partial charge in [0, 0.05) is 7.05 Å². The van der Waals surface area contributed by atoms with Crippen LogP contribution in [0, 0.1) is 13.8 Å². The smallest absolute Gasteiger partial charge is 0.235 e. The quantitative estimate of drug-likeness (QED) is 0.782. The molecule has 1 unspecified atom stereocenters. The number of nitrogens with zero attached hydrogens (tertiary/aromatic N) is 1. The number of likely N-dealkylation sites (N-methyl/N-ethyl adjacent to an activating group) is 1. The van der Waals surface area contributed by atoms with E-state index in [1.165, 1.54) is 11.1 Å². The van der Waals surface area contributed by atoms with Crippen LogP contribution in [0.15, 0.2) is 18.2 Å². The first-order chi connectivity index (χ1) is 8.40. The molecule has 0 saturated heterocycles. The molecule has 0 aliphatic heterocycles. The minimum atomic E-state index is -0.149. The lowest BCUT2D eigenvalue weighted by molar-refractivity contribution is -0.129. The van der Waals surface area contributed by atoms with Crippen LogP contribution in [0.2, 0.25) is 0 Å². The Morgan fingerprint density at radius 2 is 1.89 bits per heavy atom. The van der Waals surface area contributed by atoms with Gasteiger partial charge in [0.15, 0.2) is 0 Å². The molecule has 0 heterocycles. The molecule has 3 nitrogen and oxygen atoms in total. The minimum Gasteiger partial charge on any atom is -0.492 e. The lowest BCUT2D eigenvalue weighted by Crippen LogP contribution is -2.35. The molecule has 0 radical (unpaired) electrons. The molecule has 1 amide bonds. The molecule has 0 aliphatic rings. The van der Waals surface area contributed by atoms with E-state index in [9.17, 15) is 4.79 Å². The van der Waals surface area contributed by atoms with E-state index >= 15 is 0 Å². The standard InChI is InChI=1S/C14H20BrNO2/c1-10-7-11(2)9-13(8-10)18-6-5-16(4)14(17)12(3)15/h7-9,12H,5-6H2,1-4H3. The molecule has 1 rings (SSSR count). The van der Waals surface area contributed by atoms with Crippen LogP contribution in [0.1, 0.15) is 18.1 Å². The van der Waals surface area contributed by atoms with Crippen molar-refractivity contribution in [3.05, 3.63) is 29.3 Å². The zero-order valence-electron chi connectivity index (χ0n) is 11.4. The highest BCUT2D eigenvalue weighted by molar-refractivity contribution is 9.10. The maximum Gasteiger partial charge on any atom is 0.235 e. The number of hydrogen-bond donors (Lipinski definition) is 0. The van der Waals surface area contributed by atoms with Crippen LogP contribution < -0.4 is 4.74 Å². The third-order valence-electron chi connectivity index (χ3n) is 2.61. The van der Waals surface area contributed by atoms with Gasteiger partial charge in [0.2, 0.25) is 5.91 Å². The molecule has 0 fully saturated rings. The number of amides is 1. The van der Waals surface area contributed by atoms with Gasteiger partial charge in [0.1, 0.15) is 12.4 Å². The van der Waals surface area contributed by atoms with Gasteiger partial charge in [0.05, 0.1) is 11.4 Å². The van der Waals surface area contributed by atoms with Crippen molar-refractivity contribution in [3.63, 3.8) is 0 Å². The summed E-state index contributed by atoms with van der Waals surface area (Å²) < 4.78 is 5.66. The second kappa shape index (κ2) is 6.78. The summed E-state index contributed by atoms with van der Waals surface area (Å²) in [7, 11) is 1.78. The second-order valence-electron chi connectivity index (χ2n) is 4.55. The van der Waals surface area contributed by atoms with Gasteiger partial charge in [-0.1, -0.05) is 22.0 Å². The Bertz CT molecular complexity index is 398. The van der Waals surface area contributed by atoms with Gasteiger partial charge >= 0.3 is 0 Å².